The number of carbonyl (C=O) groups excluding carboxylic acids is 1. The van der Waals surface area contributed by atoms with Crippen LogP contribution in [0.4, 0.5) is 4.79 Å². The maximum absolute atomic E-state index is 10.5. The van der Waals surface area contributed by atoms with Crippen LogP contribution in [-0.4, -0.2) is 6.16 Å². The summed E-state index contributed by atoms with van der Waals surface area (Å²) in [6.07, 6.45) is -0.973. The minimum absolute atomic E-state index is 0.324. The van der Waals surface area contributed by atoms with Gasteiger partial charge in [0.2, 0.25) is 0 Å². The third-order valence-electron chi connectivity index (χ3n) is 1.08. The molecule has 0 radical (unpaired) electrons. The highest BCUT2D eigenvalue weighted by molar-refractivity contribution is 6.30. The van der Waals surface area contributed by atoms with Gasteiger partial charge in [-0.2, -0.15) is 0 Å². The Morgan fingerprint density at radius 3 is 2.33 bits per heavy atom. The lowest BCUT2D eigenvalue weighted by atomic mass is 10.3. The Labute approximate surface area is 79.0 Å². The molecule has 1 rings (SSSR count). The quantitative estimate of drug-likeness (QED) is 0.524. The number of halogens is 2. The van der Waals surface area contributed by atoms with E-state index in [2.05, 4.69) is 9.03 Å². The fourth-order valence-electron chi connectivity index (χ4n) is 0.615. The molecule has 0 heterocycles. The van der Waals surface area contributed by atoms with Gasteiger partial charge in [0.05, 0.1) is 0 Å². The van der Waals surface area contributed by atoms with Crippen LogP contribution >= 0.6 is 23.5 Å². The Bertz CT molecular complexity index is 270. The first kappa shape index (κ1) is 9.16. The van der Waals surface area contributed by atoms with Crippen molar-refractivity contribution in [1.29, 1.82) is 0 Å². The molecule has 0 aliphatic carbocycles. The van der Waals surface area contributed by atoms with Crippen molar-refractivity contribution in [2.45, 2.75) is 0 Å². The van der Waals surface area contributed by atoms with Crippen molar-refractivity contribution < 1.29 is 13.8 Å². The zero-order valence-electron chi connectivity index (χ0n) is 5.79. The fraction of sp³-hybridized carbons (Fsp3) is 0. The molecule has 64 valence electrons. The summed E-state index contributed by atoms with van der Waals surface area (Å²) in [7, 11) is 0. The molecular weight excluding hydrogens is 203 g/mol. The second-order valence-electron chi connectivity index (χ2n) is 1.88. The molecular formula is C7H4Cl2O3. The van der Waals surface area contributed by atoms with E-state index in [1.165, 1.54) is 12.1 Å². The molecule has 0 atom stereocenters. The molecule has 0 bridgehead atoms. The molecule has 0 aromatic heterocycles. The van der Waals surface area contributed by atoms with E-state index in [1.54, 1.807) is 12.1 Å². The minimum atomic E-state index is -0.973. The van der Waals surface area contributed by atoms with Crippen molar-refractivity contribution in [1.82, 2.24) is 0 Å². The van der Waals surface area contributed by atoms with Gasteiger partial charge >= 0.3 is 6.16 Å². The third-order valence-corrected chi connectivity index (χ3v) is 1.46. The summed E-state index contributed by atoms with van der Waals surface area (Å²) in [5, 5.41) is 0.557. The van der Waals surface area contributed by atoms with Gasteiger partial charge in [-0.1, -0.05) is 11.6 Å². The number of hydrogen-bond donors (Lipinski definition) is 0. The number of carbonyl (C=O) groups is 1. The molecule has 3 nitrogen and oxygen atoms in total. The Morgan fingerprint density at radius 2 is 1.83 bits per heavy atom. The van der Waals surface area contributed by atoms with Gasteiger partial charge in [0, 0.05) is 5.02 Å². The predicted octanol–water partition coefficient (Wildman–Crippen LogP) is 3.01. The van der Waals surface area contributed by atoms with Crippen LogP contribution in [0.5, 0.6) is 5.75 Å². The van der Waals surface area contributed by atoms with E-state index in [-0.39, 0.29) is 0 Å². The first-order chi connectivity index (χ1) is 5.72. The standard InChI is InChI=1S/C7H4Cl2O3/c8-5-1-3-6(4-2-5)11-7(10)12-9/h1-4H. The summed E-state index contributed by atoms with van der Waals surface area (Å²) in [4.78, 5) is 10.5. The lowest BCUT2D eigenvalue weighted by Gasteiger charge is -1.99. The van der Waals surface area contributed by atoms with Crippen LogP contribution in [0.25, 0.3) is 0 Å². The molecule has 0 saturated heterocycles. The van der Waals surface area contributed by atoms with Gasteiger partial charge in [-0.3, -0.25) is 0 Å². The van der Waals surface area contributed by atoms with Crippen molar-refractivity contribution in [3.05, 3.63) is 29.3 Å². The van der Waals surface area contributed by atoms with Crippen molar-refractivity contribution >= 4 is 29.6 Å². The zero-order valence-corrected chi connectivity index (χ0v) is 7.30. The molecule has 0 fully saturated rings. The van der Waals surface area contributed by atoms with Gasteiger partial charge in [-0.05, 0) is 24.3 Å². The van der Waals surface area contributed by atoms with Gasteiger partial charge in [-0.15, -0.1) is 0 Å². The van der Waals surface area contributed by atoms with E-state index < -0.39 is 6.16 Å². The Hall–Kier alpha value is -0.930. The van der Waals surface area contributed by atoms with E-state index in [0.717, 1.165) is 0 Å². The normalized spacial score (nSPS) is 9.17. The third kappa shape index (κ3) is 2.60. The fourth-order valence-corrected chi connectivity index (χ4v) is 0.772. The highest BCUT2D eigenvalue weighted by atomic mass is 35.5. The van der Waals surface area contributed by atoms with E-state index >= 15 is 0 Å². The second-order valence-corrected chi connectivity index (χ2v) is 2.47. The number of benzene rings is 1. The average molecular weight is 207 g/mol. The number of rotatable bonds is 1. The predicted molar refractivity (Wildman–Crippen MR) is 44.4 cm³/mol. The zero-order chi connectivity index (χ0) is 8.97. The minimum Gasteiger partial charge on any atom is -0.394 e. The Morgan fingerprint density at radius 1 is 1.25 bits per heavy atom. The summed E-state index contributed by atoms with van der Waals surface area (Å²) in [5.74, 6) is 0.324. The van der Waals surface area contributed by atoms with Crippen molar-refractivity contribution in [3.63, 3.8) is 0 Å². The van der Waals surface area contributed by atoms with Crippen LogP contribution in [-0.2, 0) is 4.29 Å². The van der Waals surface area contributed by atoms with Gasteiger partial charge in [-0.25, -0.2) is 4.79 Å². The molecule has 1 aromatic rings. The highest BCUT2D eigenvalue weighted by Crippen LogP contribution is 2.15. The van der Waals surface area contributed by atoms with Crippen LogP contribution < -0.4 is 4.74 Å². The van der Waals surface area contributed by atoms with Crippen LogP contribution in [0.2, 0.25) is 5.02 Å². The van der Waals surface area contributed by atoms with Gasteiger partial charge < -0.3 is 9.03 Å². The first-order valence-electron chi connectivity index (χ1n) is 2.98. The lowest BCUT2D eigenvalue weighted by molar-refractivity contribution is 0.156. The Balaban J connectivity index is 2.64. The average Bonchev–Trinajstić information content (AvgIpc) is 2.09. The monoisotopic (exact) mass is 206 g/mol. The molecule has 0 aliphatic heterocycles. The van der Waals surface area contributed by atoms with Crippen LogP contribution in [0.1, 0.15) is 0 Å². The van der Waals surface area contributed by atoms with Crippen molar-refractivity contribution in [2.24, 2.45) is 0 Å². The summed E-state index contributed by atoms with van der Waals surface area (Å²) in [5.41, 5.74) is 0. The molecule has 12 heavy (non-hydrogen) atoms. The summed E-state index contributed by atoms with van der Waals surface area (Å²) in [6.45, 7) is 0. The maximum Gasteiger partial charge on any atom is 0.532 e. The van der Waals surface area contributed by atoms with Crippen LogP contribution in [0.3, 0.4) is 0 Å². The molecule has 0 saturated carbocycles. The second kappa shape index (κ2) is 4.18. The van der Waals surface area contributed by atoms with E-state index in [4.69, 9.17) is 23.5 Å². The molecule has 5 heteroatoms. The van der Waals surface area contributed by atoms with Crippen molar-refractivity contribution in [2.75, 3.05) is 0 Å². The van der Waals surface area contributed by atoms with Gasteiger partial charge in [0.25, 0.3) is 0 Å². The molecule has 1 aromatic carbocycles. The molecule has 0 N–H and O–H groups in total. The smallest absolute Gasteiger partial charge is 0.394 e. The summed E-state index contributed by atoms with van der Waals surface area (Å²) >= 11 is 10.3. The molecule has 0 unspecified atom stereocenters. The van der Waals surface area contributed by atoms with Gasteiger partial charge in [0.15, 0.2) is 0 Å². The number of hydrogen-bond acceptors (Lipinski definition) is 3. The number of ether oxygens (including phenoxy) is 1. The van der Waals surface area contributed by atoms with Crippen molar-refractivity contribution in [3.8, 4) is 5.75 Å². The van der Waals surface area contributed by atoms with Crippen LogP contribution in [0, 0.1) is 0 Å². The SMILES string of the molecule is O=C(OCl)Oc1ccc(Cl)cc1. The first-order valence-corrected chi connectivity index (χ1v) is 3.67. The molecule has 0 aliphatic rings. The van der Waals surface area contributed by atoms with E-state index in [1.807, 2.05) is 0 Å². The van der Waals surface area contributed by atoms with E-state index in [9.17, 15) is 4.79 Å². The van der Waals surface area contributed by atoms with E-state index in [0.29, 0.717) is 10.8 Å². The van der Waals surface area contributed by atoms with Gasteiger partial charge in [0.1, 0.15) is 17.6 Å². The largest absolute Gasteiger partial charge is 0.532 e. The lowest BCUT2D eigenvalue weighted by Crippen LogP contribution is -2.04. The highest BCUT2D eigenvalue weighted by Gasteiger charge is 2.03. The summed E-state index contributed by atoms with van der Waals surface area (Å²) < 4.78 is 8.33. The molecule has 0 amide bonds. The topological polar surface area (TPSA) is 35.5 Å². The Kier molecular flexibility index (Phi) is 3.19. The van der Waals surface area contributed by atoms with Crippen LogP contribution in [0.15, 0.2) is 24.3 Å². The summed E-state index contributed by atoms with van der Waals surface area (Å²) in [6, 6.07) is 6.21. The maximum atomic E-state index is 10.5. The molecule has 0 spiro atoms.